The van der Waals surface area contributed by atoms with E-state index in [9.17, 15) is 14.4 Å². The SMILES string of the molecule is CCCOc1ccc(C(=O)c2ccccc2C(=O)OCC(=O)Nc2cc(C)on2)cc1OCCC. The Labute approximate surface area is 203 Å². The lowest BCUT2D eigenvalue weighted by atomic mass is 9.98. The second kappa shape index (κ2) is 12.4. The van der Waals surface area contributed by atoms with Gasteiger partial charge in [-0.3, -0.25) is 9.59 Å². The van der Waals surface area contributed by atoms with Gasteiger partial charge in [0.2, 0.25) is 0 Å². The number of benzene rings is 2. The Kier molecular flexibility index (Phi) is 9.00. The minimum Gasteiger partial charge on any atom is -0.490 e. The maximum Gasteiger partial charge on any atom is 0.339 e. The molecule has 0 atom stereocenters. The Balaban J connectivity index is 1.75. The van der Waals surface area contributed by atoms with Crippen molar-refractivity contribution in [3.63, 3.8) is 0 Å². The minimum atomic E-state index is -0.800. The maximum absolute atomic E-state index is 13.3. The predicted octanol–water partition coefficient (Wildman–Crippen LogP) is 4.59. The van der Waals surface area contributed by atoms with Gasteiger partial charge >= 0.3 is 5.97 Å². The second-order valence-corrected chi connectivity index (χ2v) is 7.68. The molecule has 9 nitrogen and oxygen atoms in total. The third kappa shape index (κ3) is 6.92. The lowest BCUT2D eigenvalue weighted by Crippen LogP contribution is -2.22. The van der Waals surface area contributed by atoms with Crippen molar-refractivity contribution >= 4 is 23.5 Å². The fourth-order valence-electron chi connectivity index (χ4n) is 3.13. The summed E-state index contributed by atoms with van der Waals surface area (Å²) in [5, 5.41) is 6.11. The Morgan fingerprint density at radius 2 is 1.60 bits per heavy atom. The smallest absolute Gasteiger partial charge is 0.339 e. The molecule has 0 saturated carbocycles. The molecule has 1 heterocycles. The van der Waals surface area contributed by atoms with Gasteiger partial charge in [0.05, 0.1) is 18.8 Å². The summed E-state index contributed by atoms with van der Waals surface area (Å²) in [6.45, 7) is 6.11. The summed E-state index contributed by atoms with van der Waals surface area (Å²) in [6.07, 6.45) is 1.63. The predicted molar refractivity (Wildman–Crippen MR) is 128 cm³/mol. The van der Waals surface area contributed by atoms with Crippen LogP contribution < -0.4 is 14.8 Å². The van der Waals surface area contributed by atoms with Crippen molar-refractivity contribution in [1.82, 2.24) is 5.16 Å². The molecule has 35 heavy (non-hydrogen) atoms. The summed E-state index contributed by atoms with van der Waals surface area (Å²) in [5.74, 6) is -0.0153. The van der Waals surface area contributed by atoms with Crippen LogP contribution in [0, 0.1) is 6.92 Å². The number of carbonyl (C=O) groups excluding carboxylic acids is 3. The standard InChI is InChI=1S/C26H28N2O7/c1-4-12-32-21-11-10-18(15-22(21)33-13-5-2)25(30)19-8-6-7-9-20(19)26(31)34-16-24(29)27-23-14-17(3)35-28-23/h6-11,14-15H,4-5,12-13,16H2,1-3H3,(H,27,28,29). The highest BCUT2D eigenvalue weighted by molar-refractivity contribution is 6.14. The average molecular weight is 481 g/mol. The normalized spacial score (nSPS) is 10.5. The summed E-state index contributed by atoms with van der Waals surface area (Å²) >= 11 is 0. The molecule has 1 N–H and O–H groups in total. The number of amides is 1. The quantitative estimate of drug-likeness (QED) is 0.296. The van der Waals surface area contributed by atoms with Crippen molar-refractivity contribution in [1.29, 1.82) is 0 Å². The maximum atomic E-state index is 13.3. The van der Waals surface area contributed by atoms with E-state index in [1.54, 1.807) is 37.3 Å². The molecule has 9 heteroatoms. The van der Waals surface area contributed by atoms with Crippen molar-refractivity contribution in [2.24, 2.45) is 0 Å². The fourth-order valence-corrected chi connectivity index (χ4v) is 3.13. The highest BCUT2D eigenvalue weighted by Crippen LogP contribution is 2.30. The van der Waals surface area contributed by atoms with Crippen LogP contribution in [0.2, 0.25) is 0 Å². The highest BCUT2D eigenvalue weighted by Gasteiger charge is 2.21. The van der Waals surface area contributed by atoms with Crippen molar-refractivity contribution in [2.75, 3.05) is 25.1 Å². The largest absolute Gasteiger partial charge is 0.490 e. The first-order chi connectivity index (χ1) is 16.9. The van der Waals surface area contributed by atoms with Crippen LogP contribution in [0.25, 0.3) is 0 Å². The van der Waals surface area contributed by atoms with Crippen LogP contribution in [0.3, 0.4) is 0 Å². The molecular weight excluding hydrogens is 452 g/mol. The molecule has 0 aliphatic heterocycles. The first-order valence-corrected chi connectivity index (χ1v) is 11.4. The van der Waals surface area contributed by atoms with Gasteiger partial charge in [0.15, 0.2) is 29.7 Å². The topological polar surface area (TPSA) is 117 Å². The number of anilines is 1. The number of nitrogens with zero attached hydrogens (tertiary/aromatic N) is 1. The van der Waals surface area contributed by atoms with Gasteiger partial charge in [-0.15, -0.1) is 0 Å². The van der Waals surface area contributed by atoms with Gasteiger partial charge in [-0.2, -0.15) is 0 Å². The monoisotopic (exact) mass is 480 g/mol. The van der Waals surface area contributed by atoms with Crippen molar-refractivity contribution in [3.05, 3.63) is 71.0 Å². The lowest BCUT2D eigenvalue weighted by molar-refractivity contribution is -0.119. The molecule has 2 aromatic carbocycles. The van der Waals surface area contributed by atoms with E-state index in [1.165, 1.54) is 18.2 Å². The van der Waals surface area contributed by atoms with E-state index in [2.05, 4.69) is 10.5 Å². The lowest BCUT2D eigenvalue weighted by Gasteiger charge is -2.14. The van der Waals surface area contributed by atoms with Gasteiger partial charge in [-0.25, -0.2) is 4.79 Å². The third-order valence-electron chi connectivity index (χ3n) is 4.75. The highest BCUT2D eigenvalue weighted by atomic mass is 16.5. The van der Waals surface area contributed by atoms with E-state index in [1.807, 2.05) is 13.8 Å². The van der Waals surface area contributed by atoms with Gasteiger partial charge in [0, 0.05) is 17.2 Å². The van der Waals surface area contributed by atoms with Crippen LogP contribution in [-0.2, 0) is 9.53 Å². The van der Waals surface area contributed by atoms with E-state index in [0.717, 1.165) is 12.8 Å². The summed E-state index contributed by atoms with van der Waals surface area (Å²) in [6, 6.07) is 12.7. The molecule has 1 amide bonds. The van der Waals surface area contributed by atoms with Gasteiger partial charge in [-0.1, -0.05) is 37.2 Å². The zero-order valence-electron chi connectivity index (χ0n) is 20.0. The van der Waals surface area contributed by atoms with E-state index in [4.69, 9.17) is 18.7 Å². The number of aryl methyl sites for hydroxylation is 1. The Morgan fingerprint density at radius 3 is 2.26 bits per heavy atom. The second-order valence-electron chi connectivity index (χ2n) is 7.68. The van der Waals surface area contributed by atoms with Crippen LogP contribution in [0.4, 0.5) is 5.82 Å². The molecule has 1 aromatic heterocycles. The van der Waals surface area contributed by atoms with Gasteiger partial charge in [-0.05, 0) is 44.0 Å². The molecule has 0 unspecified atom stereocenters. The van der Waals surface area contributed by atoms with Gasteiger partial charge in [0.1, 0.15) is 5.76 Å². The number of hydrogen-bond acceptors (Lipinski definition) is 8. The number of aromatic nitrogens is 1. The van der Waals surface area contributed by atoms with Crippen LogP contribution in [-0.4, -0.2) is 42.6 Å². The zero-order chi connectivity index (χ0) is 25.2. The average Bonchev–Trinajstić information content (AvgIpc) is 3.28. The van der Waals surface area contributed by atoms with Crippen LogP contribution in [0.1, 0.15) is 58.7 Å². The van der Waals surface area contributed by atoms with E-state index >= 15 is 0 Å². The Hall–Kier alpha value is -4.14. The van der Waals surface area contributed by atoms with Crippen molar-refractivity contribution in [2.45, 2.75) is 33.6 Å². The summed E-state index contributed by atoms with van der Waals surface area (Å²) in [4.78, 5) is 38.1. The molecule has 0 bridgehead atoms. The summed E-state index contributed by atoms with van der Waals surface area (Å²) < 4.78 is 21.5. The molecule has 0 saturated heterocycles. The third-order valence-corrected chi connectivity index (χ3v) is 4.75. The summed E-state index contributed by atoms with van der Waals surface area (Å²) in [5.41, 5.74) is 0.526. The molecule has 3 rings (SSSR count). The Bertz CT molecular complexity index is 1190. The molecule has 3 aromatic rings. The molecule has 0 spiro atoms. The van der Waals surface area contributed by atoms with Gasteiger partial charge in [0.25, 0.3) is 5.91 Å². The van der Waals surface area contributed by atoms with E-state index in [0.29, 0.717) is 36.0 Å². The number of hydrogen-bond donors (Lipinski definition) is 1. The number of rotatable bonds is 12. The van der Waals surface area contributed by atoms with Crippen LogP contribution in [0.5, 0.6) is 11.5 Å². The molecular formula is C26H28N2O7. The first-order valence-electron chi connectivity index (χ1n) is 11.4. The summed E-state index contributed by atoms with van der Waals surface area (Å²) in [7, 11) is 0. The minimum absolute atomic E-state index is 0.0462. The number of ether oxygens (including phenoxy) is 3. The number of nitrogens with one attached hydrogen (secondary N) is 1. The van der Waals surface area contributed by atoms with E-state index in [-0.39, 0.29) is 22.7 Å². The molecule has 0 fully saturated rings. The molecule has 0 radical (unpaired) electrons. The first kappa shape index (κ1) is 25.5. The Morgan fingerprint density at radius 1 is 0.914 bits per heavy atom. The zero-order valence-corrected chi connectivity index (χ0v) is 20.0. The molecule has 0 aliphatic rings. The van der Waals surface area contributed by atoms with E-state index < -0.39 is 18.5 Å². The number of ketones is 1. The van der Waals surface area contributed by atoms with Crippen molar-refractivity contribution < 1.29 is 33.1 Å². The molecule has 184 valence electrons. The number of esters is 1. The molecule has 0 aliphatic carbocycles. The van der Waals surface area contributed by atoms with Crippen LogP contribution in [0.15, 0.2) is 53.1 Å². The fraction of sp³-hybridized carbons (Fsp3) is 0.308. The van der Waals surface area contributed by atoms with Crippen LogP contribution >= 0.6 is 0 Å². The van der Waals surface area contributed by atoms with Gasteiger partial charge < -0.3 is 24.1 Å². The number of carbonyl (C=O) groups is 3. The van der Waals surface area contributed by atoms with Crippen molar-refractivity contribution in [3.8, 4) is 11.5 Å².